The second kappa shape index (κ2) is 9.62. The highest BCUT2D eigenvalue weighted by molar-refractivity contribution is 6.05. The van der Waals surface area contributed by atoms with E-state index < -0.39 is 23.4 Å². The zero-order chi connectivity index (χ0) is 27.3. The van der Waals surface area contributed by atoms with Crippen LogP contribution in [0, 0.1) is 11.6 Å². The first-order valence-corrected chi connectivity index (χ1v) is 12.8. The van der Waals surface area contributed by atoms with Crippen molar-refractivity contribution >= 4 is 17.7 Å². The smallest absolute Gasteiger partial charge is 0.255 e. The molecule has 3 aromatic rings. The van der Waals surface area contributed by atoms with Crippen LogP contribution in [0.4, 0.5) is 8.78 Å². The Morgan fingerprint density at radius 3 is 2.64 bits per heavy atom. The van der Waals surface area contributed by atoms with Gasteiger partial charge in [0.25, 0.3) is 5.91 Å². The molecule has 2 unspecified atom stereocenters. The minimum absolute atomic E-state index is 0.148. The lowest BCUT2D eigenvalue weighted by Gasteiger charge is -2.29. The number of β-amino-alcohol motifs (C(OH)–C–C–N with tert-alkyl or cyclic N) is 1. The predicted molar refractivity (Wildman–Crippen MR) is 136 cm³/mol. The second-order valence-corrected chi connectivity index (χ2v) is 10.4. The molecule has 39 heavy (non-hydrogen) atoms. The van der Waals surface area contributed by atoms with Gasteiger partial charge in [-0.25, -0.2) is 8.78 Å². The minimum atomic E-state index is -1.14. The third-order valence-electron chi connectivity index (χ3n) is 7.87. The highest BCUT2D eigenvalue weighted by atomic mass is 19.1. The van der Waals surface area contributed by atoms with Gasteiger partial charge in [-0.15, -0.1) is 0 Å². The van der Waals surface area contributed by atoms with Crippen molar-refractivity contribution in [3.63, 3.8) is 0 Å². The van der Waals surface area contributed by atoms with E-state index in [1.54, 1.807) is 36.4 Å². The summed E-state index contributed by atoms with van der Waals surface area (Å²) in [5, 5.41) is 13.4. The molecule has 0 aliphatic carbocycles. The van der Waals surface area contributed by atoms with Crippen LogP contribution in [0.5, 0.6) is 0 Å². The monoisotopic (exact) mass is 532 g/mol. The van der Waals surface area contributed by atoms with E-state index in [0.29, 0.717) is 40.8 Å². The summed E-state index contributed by atoms with van der Waals surface area (Å²) in [7, 11) is 0. The quantitative estimate of drug-likeness (QED) is 0.490. The van der Waals surface area contributed by atoms with Crippen LogP contribution in [0.2, 0.25) is 0 Å². The molecule has 8 nitrogen and oxygen atoms in total. The summed E-state index contributed by atoms with van der Waals surface area (Å²) >= 11 is 0. The van der Waals surface area contributed by atoms with Gasteiger partial charge in [0.2, 0.25) is 11.8 Å². The Labute approximate surface area is 223 Å². The Bertz CT molecular complexity index is 1500. The van der Waals surface area contributed by atoms with E-state index >= 15 is 4.39 Å². The summed E-state index contributed by atoms with van der Waals surface area (Å²) in [4.78, 5) is 44.5. The van der Waals surface area contributed by atoms with Crippen LogP contribution in [0.25, 0.3) is 11.3 Å². The van der Waals surface area contributed by atoms with E-state index in [1.807, 2.05) is 4.90 Å². The Morgan fingerprint density at radius 2 is 1.87 bits per heavy atom. The number of rotatable bonds is 5. The number of pyridine rings is 1. The molecule has 0 saturated carbocycles. The number of nitrogens with zero attached hydrogens (tertiary/aromatic N) is 3. The maximum atomic E-state index is 15.7. The third-order valence-corrected chi connectivity index (χ3v) is 7.87. The van der Waals surface area contributed by atoms with Crippen molar-refractivity contribution in [2.45, 2.75) is 44.0 Å². The normalized spacial score (nSPS) is 23.3. The molecule has 3 aliphatic rings. The summed E-state index contributed by atoms with van der Waals surface area (Å²) in [6, 6.07) is 11.6. The van der Waals surface area contributed by atoms with Gasteiger partial charge in [0.05, 0.1) is 0 Å². The fourth-order valence-corrected chi connectivity index (χ4v) is 5.77. The van der Waals surface area contributed by atoms with Crippen molar-refractivity contribution in [3.8, 4) is 11.3 Å². The maximum Gasteiger partial charge on any atom is 0.255 e. The van der Waals surface area contributed by atoms with Gasteiger partial charge < -0.3 is 10.0 Å². The van der Waals surface area contributed by atoms with Gasteiger partial charge in [-0.2, -0.15) is 0 Å². The number of hydrogen-bond donors (Lipinski definition) is 2. The lowest BCUT2D eigenvalue weighted by Crippen LogP contribution is -2.52. The zero-order valence-corrected chi connectivity index (χ0v) is 21.0. The SMILES string of the molecule is O=C1CCC(N2Cc3cc(-c4nccc(CN5CCC(O)(c6ccc(F)cc6)C5)c4F)ccc3C2=O)C(=O)N1. The zero-order valence-electron chi connectivity index (χ0n) is 21.0. The summed E-state index contributed by atoms with van der Waals surface area (Å²) in [6.07, 6.45) is 2.41. The van der Waals surface area contributed by atoms with E-state index in [9.17, 15) is 23.9 Å². The number of imide groups is 1. The number of fused-ring (bicyclic) bond motifs is 1. The molecule has 2 N–H and O–H groups in total. The number of piperidine rings is 1. The van der Waals surface area contributed by atoms with Gasteiger partial charge in [-0.1, -0.05) is 18.2 Å². The molecule has 2 atom stereocenters. The molecule has 3 amide bonds. The standard InChI is InChI=1S/C29H26F2N4O4/c30-21-4-2-20(3-5-21)29(39)10-12-34(16-29)14-18-9-11-32-26(25(18)31)17-1-6-22-19(13-17)15-35(28(22)38)23-7-8-24(36)33-27(23)37/h1-6,9,11,13,23,39H,7-8,10,12,14-16H2,(H,33,36,37). The number of amides is 3. The Kier molecular flexibility index (Phi) is 6.23. The molecular formula is C29H26F2N4O4. The molecule has 6 rings (SSSR count). The number of likely N-dealkylation sites (tertiary alicyclic amines) is 1. The van der Waals surface area contributed by atoms with Crippen molar-refractivity contribution in [3.05, 3.63) is 88.6 Å². The molecule has 2 fully saturated rings. The molecule has 1 aromatic heterocycles. The number of carbonyl (C=O) groups excluding carboxylic acids is 3. The van der Waals surface area contributed by atoms with E-state index in [2.05, 4.69) is 10.3 Å². The van der Waals surface area contributed by atoms with E-state index in [1.165, 1.54) is 23.2 Å². The molecule has 2 saturated heterocycles. The Hall–Kier alpha value is -4.02. The highest BCUT2D eigenvalue weighted by Crippen LogP contribution is 2.35. The number of aliphatic hydroxyl groups is 1. The molecular weight excluding hydrogens is 506 g/mol. The third kappa shape index (κ3) is 4.59. The minimum Gasteiger partial charge on any atom is -0.384 e. The number of hydrogen-bond acceptors (Lipinski definition) is 6. The lowest BCUT2D eigenvalue weighted by atomic mass is 9.93. The largest absolute Gasteiger partial charge is 0.384 e. The van der Waals surface area contributed by atoms with Crippen molar-refractivity contribution in [2.24, 2.45) is 0 Å². The fourth-order valence-electron chi connectivity index (χ4n) is 5.77. The van der Waals surface area contributed by atoms with Crippen LogP contribution >= 0.6 is 0 Å². The molecule has 0 bridgehead atoms. The van der Waals surface area contributed by atoms with Gasteiger partial charge in [-0.3, -0.25) is 29.6 Å². The van der Waals surface area contributed by atoms with Crippen LogP contribution < -0.4 is 5.32 Å². The highest BCUT2D eigenvalue weighted by Gasteiger charge is 2.40. The van der Waals surface area contributed by atoms with Gasteiger partial charge >= 0.3 is 0 Å². The predicted octanol–water partition coefficient (Wildman–Crippen LogP) is 2.88. The van der Waals surface area contributed by atoms with Crippen molar-refractivity contribution in [1.82, 2.24) is 20.1 Å². The summed E-state index contributed by atoms with van der Waals surface area (Å²) in [5.74, 6) is -1.99. The van der Waals surface area contributed by atoms with Crippen LogP contribution in [0.15, 0.2) is 54.7 Å². The number of benzene rings is 2. The molecule has 4 heterocycles. The second-order valence-electron chi connectivity index (χ2n) is 10.4. The van der Waals surface area contributed by atoms with Crippen LogP contribution in [0.3, 0.4) is 0 Å². The average Bonchev–Trinajstić information content (AvgIpc) is 3.45. The van der Waals surface area contributed by atoms with E-state index in [4.69, 9.17) is 0 Å². The Morgan fingerprint density at radius 1 is 1.08 bits per heavy atom. The number of carbonyl (C=O) groups is 3. The van der Waals surface area contributed by atoms with Crippen LogP contribution in [0.1, 0.15) is 46.3 Å². The first-order valence-electron chi connectivity index (χ1n) is 12.8. The first-order chi connectivity index (χ1) is 18.7. The molecule has 2 aromatic carbocycles. The topological polar surface area (TPSA) is 103 Å². The maximum absolute atomic E-state index is 15.7. The van der Waals surface area contributed by atoms with Crippen LogP contribution in [-0.2, 0) is 28.3 Å². The lowest BCUT2D eigenvalue weighted by molar-refractivity contribution is -0.136. The van der Waals surface area contributed by atoms with Gasteiger partial charge in [0.15, 0.2) is 5.82 Å². The number of nitrogens with one attached hydrogen (secondary N) is 1. The number of halogens is 2. The molecule has 0 spiro atoms. The van der Waals surface area contributed by atoms with Crippen molar-refractivity contribution < 1.29 is 28.3 Å². The first kappa shape index (κ1) is 25.3. The molecule has 0 radical (unpaired) electrons. The summed E-state index contributed by atoms with van der Waals surface area (Å²) in [5.41, 5.74) is 1.67. The van der Waals surface area contributed by atoms with E-state index in [0.717, 1.165) is 0 Å². The van der Waals surface area contributed by atoms with Gasteiger partial charge in [0.1, 0.15) is 23.2 Å². The summed E-state index contributed by atoms with van der Waals surface area (Å²) in [6.45, 7) is 1.28. The van der Waals surface area contributed by atoms with Gasteiger partial charge in [0, 0.05) is 55.5 Å². The average molecular weight is 533 g/mol. The van der Waals surface area contributed by atoms with E-state index in [-0.39, 0.29) is 55.8 Å². The van der Waals surface area contributed by atoms with Crippen LogP contribution in [-0.4, -0.2) is 56.7 Å². The summed E-state index contributed by atoms with van der Waals surface area (Å²) < 4.78 is 29.0. The molecule has 200 valence electrons. The van der Waals surface area contributed by atoms with Gasteiger partial charge in [-0.05, 0) is 54.3 Å². The molecule has 10 heteroatoms. The van der Waals surface area contributed by atoms with Crippen molar-refractivity contribution in [2.75, 3.05) is 13.1 Å². The number of aromatic nitrogens is 1. The van der Waals surface area contributed by atoms with Crippen molar-refractivity contribution in [1.29, 1.82) is 0 Å². The fraction of sp³-hybridized carbons (Fsp3) is 0.310. The Balaban J connectivity index is 1.20. The molecule has 3 aliphatic heterocycles.